The number of fused-ring (bicyclic) bond motifs is 2. The predicted molar refractivity (Wildman–Crippen MR) is 127 cm³/mol. The Labute approximate surface area is 202 Å². The number of aryl methyl sites for hydroxylation is 2. The van der Waals surface area contributed by atoms with Gasteiger partial charge in [0.05, 0.1) is 27.6 Å². The third kappa shape index (κ3) is 4.36. The number of para-hydroxylation sites is 1. The van der Waals surface area contributed by atoms with Gasteiger partial charge in [-0.2, -0.15) is 13.2 Å². The molecule has 3 heterocycles. The van der Waals surface area contributed by atoms with Crippen LogP contribution in [0.5, 0.6) is 0 Å². The number of anilines is 1. The highest BCUT2D eigenvalue weighted by Crippen LogP contribution is 2.34. The second-order valence-corrected chi connectivity index (χ2v) is 10.1. The summed E-state index contributed by atoms with van der Waals surface area (Å²) in [5.74, 6) is 0.584. The molecule has 1 amide bonds. The van der Waals surface area contributed by atoms with Crippen LogP contribution < -0.4 is 10.5 Å². The maximum absolute atomic E-state index is 13.3. The Bertz CT molecular complexity index is 1320. The maximum Gasteiger partial charge on any atom is 0.416 e. The van der Waals surface area contributed by atoms with Crippen molar-refractivity contribution in [2.24, 2.45) is 0 Å². The lowest BCUT2D eigenvalue weighted by atomic mass is 10.0. The lowest BCUT2D eigenvalue weighted by molar-refractivity contribution is -0.137. The Morgan fingerprint density at radius 3 is 2.76 bits per heavy atom. The second kappa shape index (κ2) is 9.14. The molecule has 0 atom stereocenters. The number of nitrogens with zero attached hydrogens (tertiary/aromatic N) is 3. The lowest BCUT2D eigenvalue weighted by Crippen LogP contribution is -2.36. The van der Waals surface area contributed by atoms with Gasteiger partial charge in [0.2, 0.25) is 5.91 Å². The Hall–Kier alpha value is -2.72. The van der Waals surface area contributed by atoms with E-state index in [9.17, 15) is 22.8 Å². The average Bonchev–Trinajstić information content (AvgIpc) is 3.31. The standard InChI is InChI=1S/C24H20F3N3O2S2/c25-24(26,27)16-7-3-8-17(13-16)30-22(32)21-18(10-12-33-21)28-23(30)34-14-20(31)29-11-4-6-15-5-1-2-9-19(15)29/h1-3,5,7-9,13H,4,6,10-12,14H2. The van der Waals surface area contributed by atoms with Crippen LogP contribution in [0.4, 0.5) is 18.9 Å². The first kappa shape index (κ1) is 23.0. The smallest absolute Gasteiger partial charge is 0.311 e. The quantitative estimate of drug-likeness (QED) is 0.372. The molecular weight excluding hydrogens is 483 g/mol. The zero-order valence-electron chi connectivity index (χ0n) is 18.0. The molecular formula is C24H20F3N3O2S2. The molecule has 10 heteroatoms. The number of halogens is 3. The van der Waals surface area contributed by atoms with Crippen LogP contribution in [0.15, 0.2) is 63.4 Å². The van der Waals surface area contributed by atoms with E-state index >= 15 is 0 Å². The lowest BCUT2D eigenvalue weighted by Gasteiger charge is -2.29. The van der Waals surface area contributed by atoms with Gasteiger partial charge in [-0.3, -0.25) is 14.2 Å². The van der Waals surface area contributed by atoms with Crippen molar-refractivity contribution in [3.63, 3.8) is 0 Å². The van der Waals surface area contributed by atoms with E-state index in [1.807, 2.05) is 24.3 Å². The summed E-state index contributed by atoms with van der Waals surface area (Å²) in [7, 11) is 0. The fraction of sp³-hybridized carbons (Fsp3) is 0.292. The number of hydrogen-bond acceptors (Lipinski definition) is 5. The number of amides is 1. The van der Waals surface area contributed by atoms with Crippen molar-refractivity contribution >= 4 is 35.1 Å². The number of hydrogen-bond donors (Lipinski definition) is 0. The minimum Gasteiger partial charge on any atom is -0.311 e. The van der Waals surface area contributed by atoms with Crippen molar-refractivity contribution in [1.29, 1.82) is 0 Å². The summed E-state index contributed by atoms with van der Waals surface area (Å²) in [6, 6.07) is 12.4. The summed E-state index contributed by atoms with van der Waals surface area (Å²) in [5, 5.41) is 0.226. The summed E-state index contributed by atoms with van der Waals surface area (Å²) in [6.45, 7) is 0.602. The SMILES string of the molecule is O=C(CSc1nc2c(c(=O)n1-c1cccc(C(F)(F)F)c1)SCC2)N1CCCc2ccccc21. The van der Waals surface area contributed by atoms with Crippen LogP contribution in [0, 0.1) is 0 Å². The topological polar surface area (TPSA) is 55.2 Å². The van der Waals surface area contributed by atoms with Crippen LogP contribution in [0.2, 0.25) is 0 Å². The first-order valence-electron chi connectivity index (χ1n) is 10.8. The molecule has 0 radical (unpaired) electrons. The van der Waals surface area contributed by atoms with Gasteiger partial charge in [-0.25, -0.2) is 4.98 Å². The van der Waals surface area contributed by atoms with E-state index in [1.165, 1.54) is 28.5 Å². The third-order valence-electron chi connectivity index (χ3n) is 5.83. The maximum atomic E-state index is 13.3. The highest BCUT2D eigenvalue weighted by molar-refractivity contribution is 8.00. The summed E-state index contributed by atoms with van der Waals surface area (Å²) in [5.41, 5.74) is 1.47. The molecule has 5 rings (SSSR count). The summed E-state index contributed by atoms with van der Waals surface area (Å²) in [6.07, 6.45) is -2.16. The molecule has 0 aliphatic carbocycles. The van der Waals surface area contributed by atoms with Gasteiger partial charge < -0.3 is 4.90 Å². The first-order valence-corrected chi connectivity index (χ1v) is 12.8. The molecule has 0 saturated carbocycles. The molecule has 0 N–H and O–H groups in total. The predicted octanol–water partition coefficient (Wildman–Crippen LogP) is 4.97. The number of rotatable bonds is 4. The van der Waals surface area contributed by atoms with Crippen molar-refractivity contribution < 1.29 is 18.0 Å². The number of alkyl halides is 3. The summed E-state index contributed by atoms with van der Waals surface area (Å²) >= 11 is 2.44. The fourth-order valence-electron chi connectivity index (χ4n) is 4.24. The van der Waals surface area contributed by atoms with Gasteiger partial charge in [0.1, 0.15) is 0 Å². The van der Waals surface area contributed by atoms with Crippen molar-refractivity contribution in [1.82, 2.24) is 9.55 Å². The molecule has 0 spiro atoms. The molecule has 2 aliphatic rings. The molecule has 2 aromatic carbocycles. The average molecular weight is 504 g/mol. The number of carbonyl (C=O) groups excluding carboxylic acids is 1. The Morgan fingerprint density at radius 1 is 1.12 bits per heavy atom. The molecule has 3 aromatic rings. The Balaban J connectivity index is 1.49. The highest BCUT2D eigenvalue weighted by atomic mass is 32.2. The van der Waals surface area contributed by atoms with Gasteiger partial charge in [-0.1, -0.05) is 36.0 Å². The molecule has 1 aromatic heterocycles. The summed E-state index contributed by atoms with van der Waals surface area (Å²) in [4.78, 5) is 33.2. The third-order valence-corrected chi connectivity index (χ3v) is 7.86. The molecule has 2 aliphatic heterocycles. The molecule has 0 unspecified atom stereocenters. The molecule has 0 fully saturated rings. The van der Waals surface area contributed by atoms with E-state index in [0.29, 0.717) is 29.3 Å². The summed E-state index contributed by atoms with van der Waals surface area (Å²) < 4.78 is 41.2. The number of aromatic nitrogens is 2. The van der Waals surface area contributed by atoms with E-state index in [0.717, 1.165) is 48.0 Å². The van der Waals surface area contributed by atoms with Crippen molar-refractivity contribution in [3.8, 4) is 5.69 Å². The van der Waals surface area contributed by atoms with Crippen molar-refractivity contribution in [2.75, 3.05) is 23.0 Å². The van der Waals surface area contributed by atoms with E-state index in [1.54, 1.807) is 4.90 Å². The minimum atomic E-state index is -4.54. The van der Waals surface area contributed by atoms with Gasteiger partial charge in [0.15, 0.2) is 5.16 Å². The number of benzene rings is 2. The minimum absolute atomic E-state index is 0.0195. The molecule has 34 heavy (non-hydrogen) atoms. The van der Waals surface area contributed by atoms with Crippen LogP contribution in [-0.2, 0) is 23.8 Å². The first-order chi connectivity index (χ1) is 16.3. The van der Waals surface area contributed by atoms with Crippen LogP contribution in [-0.4, -0.2) is 33.5 Å². The van der Waals surface area contributed by atoms with Crippen LogP contribution >= 0.6 is 23.5 Å². The van der Waals surface area contributed by atoms with Crippen molar-refractivity contribution in [2.45, 2.75) is 35.5 Å². The number of thioether (sulfide) groups is 2. The van der Waals surface area contributed by atoms with Crippen LogP contribution in [0.1, 0.15) is 23.2 Å². The van der Waals surface area contributed by atoms with E-state index in [-0.39, 0.29) is 22.5 Å². The van der Waals surface area contributed by atoms with Crippen LogP contribution in [0.25, 0.3) is 5.69 Å². The van der Waals surface area contributed by atoms with Crippen molar-refractivity contribution in [3.05, 3.63) is 75.7 Å². The van der Waals surface area contributed by atoms with Gasteiger partial charge in [0.25, 0.3) is 5.56 Å². The van der Waals surface area contributed by atoms with Gasteiger partial charge in [-0.05, 0) is 42.7 Å². The molecule has 5 nitrogen and oxygen atoms in total. The van der Waals surface area contributed by atoms with Crippen LogP contribution in [0.3, 0.4) is 0 Å². The van der Waals surface area contributed by atoms with E-state index in [4.69, 9.17) is 0 Å². The second-order valence-electron chi connectivity index (χ2n) is 8.02. The van der Waals surface area contributed by atoms with Gasteiger partial charge >= 0.3 is 6.18 Å². The normalized spacial score (nSPS) is 15.2. The zero-order valence-corrected chi connectivity index (χ0v) is 19.6. The zero-order chi connectivity index (χ0) is 23.9. The monoisotopic (exact) mass is 503 g/mol. The Kier molecular flexibility index (Phi) is 6.20. The highest BCUT2D eigenvalue weighted by Gasteiger charge is 2.31. The molecule has 0 saturated heterocycles. The molecule has 0 bridgehead atoms. The number of carbonyl (C=O) groups is 1. The molecule has 176 valence electrons. The largest absolute Gasteiger partial charge is 0.416 e. The van der Waals surface area contributed by atoms with Gasteiger partial charge in [-0.15, -0.1) is 11.8 Å². The fourth-order valence-corrected chi connectivity index (χ4v) is 6.16. The van der Waals surface area contributed by atoms with Gasteiger partial charge in [0, 0.05) is 24.4 Å². The Morgan fingerprint density at radius 2 is 1.94 bits per heavy atom. The van der Waals surface area contributed by atoms with E-state index in [2.05, 4.69) is 4.98 Å². The van der Waals surface area contributed by atoms with E-state index < -0.39 is 17.3 Å².